The van der Waals surface area contributed by atoms with Gasteiger partial charge in [0.25, 0.3) is 5.91 Å². The molecule has 1 amide bonds. The van der Waals surface area contributed by atoms with E-state index in [1.54, 1.807) is 49.5 Å². The Morgan fingerprint density at radius 3 is 2.47 bits per heavy atom. The Labute approximate surface area is 112 Å². The van der Waals surface area contributed by atoms with Gasteiger partial charge in [0.15, 0.2) is 0 Å². The molecule has 2 aromatic carbocycles. The zero-order chi connectivity index (χ0) is 13.8. The number of benzene rings is 2. The van der Waals surface area contributed by atoms with Gasteiger partial charge >= 0.3 is 0 Å². The van der Waals surface area contributed by atoms with Crippen LogP contribution in [-0.4, -0.2) is 23.0 Å². The highest BCUT2D eigenvalue weighted by molar-refractivity contribution is 5.98. The maximum atomic E-state index is 12.2. The predicted molar refractivity (Wildman–Crippen MR) is 74.8 cm³/mol. The molecule has 0 saturated carbocycles. The minimum absolute atomic E-state index is 0.165. The van der Waals surface area contributed by atoms with Crippen molar-refractivity contribution in [2.24, 2.45) is 0 Å². The zero-order valence-electron chi connectivity index (χ0n) is 10.7. The highest BCUT2D eigenvalue weighted by atomic mass is 16.3. The number of nitrogen functional groups attached to an aromatic ring is 1. The molecule has 0 atom stereocenters. The molecular weight excluding hydrogens is 240 g/mol. The number of hydrogen-bond donors (Lipinski definition) is 2. The third kappa shape index (κ3) is 2.85. The van der Waals surface area contributed by atoms with E-state index in [1.165, 1.54) is 4.90 Å². The van der Waals surface area contributed by atoms with Gasteiger partial charge in [-0.25, -0.2) is 0 Å². The van der Waals surface area contributed by atoms with Gasteiger partial charge in [-0.3, -0.25) is 4.79 Å². The lowest BCUT2D eigenvalue weighted by molar-refractivity contribution is 0.0785. The highest BCUT2D eigenvalue weighted by Gasteiger charge is 2.15. The van der Waals surface area contributed by atoms with Crippen molar-refractivity contribution >= 4 is 11.6 Å². The molecule has 0 aromatic heterocycles. The summed E-state index contributed by atoms with van der Waals surface area (Å²) in [4.78, 5) is 13.8. The third-order valence-corrected chi connectivity index (χ3v) is 2.94. The second-order valence-corrected chi connectivity index (χ2v) is 4.38. The maximum absolute atomic E-state index is 12.2. The number of para-hydroxylation sites is 2. The fourth-order valence-electron chi connectivity index (χ4n) is 1.87. The number of nitrogens with two attached hydrogens (primary N) is 1. The van der Waals surface area contributed by atoms with Gasteiger partial charge in [-0.15, -0.1) is 0 Å². The van der Waals surface area contributed by atoms with E-state index in [9.17, 15) is 9.90 Å². The van der Waals surface area contributed by atoms with Crippen LogP contribution < -0.4 is 5.73 Å². The van der Waals surface area contributed by atoms with E-state index in [0.29, 0.717) is 23.4 Å². The smallest absolute Gasteiger partial charge is 0.255 e. The molecule has 2 aromatic rings. The summed E-state index contributed by atoms with van der Waals surface area (Å²) in [6.45, 7) is 0.333. The average molecular weight is 256 g/mol. The number of anilines is 1. The summed E-state index contributed by atoms with van der Waals surface area (Å²) in [6, 6.07) is 13.9. The number of phenols is 1. The molecule has 0 heterocycles. The second-order valence-electron chi connectivity index (χ2n) is 4.38. The number of nitrogens with zero attached hydrogens (tertiary/aromatic N) is 1. The SMILES string of the molecule is CN(Cc1ccccc1O)C(=O)c1ccccc1N. The van der Waals surface area contributed by atoms with Gasteiger partial charge in [-0.2, -0.15) is 0 Å². The molecule has 2 rings (SSSR count). The van der Waals surface area contributed by atoms with E-state index in [1.807, 2.05) is 6.07 Å². The van der Waals surface area contributed by atoms with Crippen LogP contribution in [0.3, 0.4) is 0 Å². The second kappa shape index (κ2) is 5.44. The van der Waals surface area contributed by atoms with E-state index in [2.05, 4.69) is 0 Å². The van der Waals surface area contributed by atoms with Crippen LogP contribution in [0.5, 0.6) is 5.75 Å². The zero-order valence-corrected chi connectivity index (χ0v) is 10.7. The van der Waals surface area contributed by atoms with Crippen molar-refractivity contribution in [3.8, 4) is 5.75 Å². The third-order valence-electron chi connectivity index (χ3n) is 2.94. The lowest BCUT2D eigenvalue weighted by Crippen LogP contribution is -2.26. The first-order valence-corrected chi connectivity index (χ1v) is 5.96. The average Bonchev–Trinajstić information content (AvgIpc) is 2.41. The molecule has 0 aliphatic rings. The number of carbonyl (C=O) groups excluding carboxylic acids is 1. The topological polar surface area (TPSA) is 66.6 Å². The summed E-state index contributed by atoms with van der Waals surface area (Å²) < 4.78 is 0. The minimum Gasteiger partial charge on any atom is -0.508 e. The fraction of sp³-hybridized carbons (Fsp3) is 0.133. The largest absolute Gasteiger partial charge is 0.508 e. The quantitative estimate of drug-likeness (QED) is 0.828. The molecule has 0 bridgehead atoms. The van der Waals surface area contributed by atoms with Gasteiger partial charge in [0.05, 0.1) is 5.56 Å². The van der Waals surface area contributed by atoms with E-state index in [0.717, 1.165) is 0 Å². The van der Waals surface area contributed by atoms with Crippen molar-refractivity contribution in [1.82, 2.24) is 4.90 Å². The van der Waals surface area contributed by atoms with Crippen molar-refractivity contribution < 1.29 is 9.90 Å². The molecule has 0 fully saturated rings. The van der Waals surface area contributed by atoms with E-state index in [4.69, 9.17) is 5.73 Å². The number of amides is 1. The molecule has 4 nitrogen and oxygen atoms in total. The van der Waals surface area contributed by atoms with Crippen LogP contribution in [0.1, 0.15) is 15.9 Å². The van der Waals surface area contributed by atoms with Gasteiger partial charge in [0.2, 0.25) is 0 Å². The van der Waals surface area contributed by atoms with E-state index in [-0.39, 0.29) is 11.7 Å². The van der Waals surface area contributed by atoms with Gasteiger partial charge in [0.1, 0.15) is 5.75 Å². The molecule has 98 valence electrons. The number of rotatable bonds is 3. The van der Waals surface area contributed by atoms with E-state index >= 15 is 0 Å². The Balaban J connectivity index is 2.17. The molecule has 19 heavy (non-hydrogen) atoms. The van der Waals surface area contributed by atoms with Crippen LogP contribution >= 0.6 is 0 Å². The minimum atomic E-state index is -0.165. The Bertz CT molecular complexity index is 596. The highest BCUT2D eigenvalue weighted by Crippen LogP contribution is 2.19. The summed E-state index contributed by atoms with van der Waals surface area (Å²) in [7, 11) is 1.68. The molecule has 0 aliphatic carbocycles. The summed E-state index contributed by atoms with van der Waals surface area (Å²) in [5.41, 5.74) is 7.42. The van der Waals surface area contributed by atoms with Crippen molar-refractivity contribution in [2.45, 2.75) is 6.54 Å². The summed E-state index contributed by atoms with van der Waals surface area (Å²) in [5, 5.41) is 9.70. The molecule has 0 spiro atoms. The Kier molecular flexibility index (Phi) is 3.71. The first-order chi connectivity index (χ1) is 9.09. The van der Waals surface area contributed by atoms with Crippen LogP contribution in [0.2, 0.25) is 0 Å². The van der Waals surface area contributed by atoms with Gasteiger partial charge < -0.3 is 15.7 Å². The molecule has 0 radical (unpaired) electrons. The number of phenolic OH excluding ortho intramolecular Hbond substituents is 1. The van der Waals surface area contributed by atoms with Gasteiger partial charge in [-0.1, -0.05) is 30.3 Å². The van der Waals surface area contributed by atoms with Crippen LogP contribution in [0.15, 0.2) is 48.5 Å². The summed E-state index contributed by atoms with van der Waals surface area (Å²) in [5.74, 6) is 0.0181. The van der Waals surface area contributed by atoms with Crippen molar-refractivity contribution in [3.63, 3.8) is 0 Å². The van der Waals surface area contributed by atoms with E-state index < -0.39 is 0 Å². The lowest BCUT2D eigenvalue weighted by atomic mass is 10.1. The van der Waals surface area contributed by atoms with Crippen LogP contribution in [0.25, 0.3) is 0 Å². The first-order valence-electron chi connectivity index (χ1n) is 5.96. The molecule has 3 N–H and O–H groups in total. The van der Waals surface area contributed by atoms with Crippen molar-refractivity contribution in [1.29, 1.82) is 0 Å². The first kappa shape index (κ1) is 13.0. The molecule has 0 saturated heterocycles. The number of aromatic hydroxyl groups is 1. The van der Waals surface area contributed by atoms with Crippen LogP contribution in [0.4, 0.5) is 5.69 Å². The van der Waals surface area contributed by atoms with Crippen LogP contribution in [-0.2, 0) is 6.54 Å². The Morgan fingerprint density at radius 1 is 1.16 bits per heavy atom. The molecule has 0 aliphatic heterocycles. The number of carbonyl (C=O) groups is 1. The van der Waals surface area contributed by atoms with Crippen LogP contribution in [0, 0.1) is 0 Å². The van der Waals surface area contributed by atoms with Gasteiger partial charge in [-0.05, 0) is 18.2 Å². The van der Waals surface area contributed by atoms with Crippen molar-refractivity contribution in [3.05, 3.63) is 59.7 Å². The standard InChI is InChI=1S/C15H16N2O2/c1-17(10-11-6-2-5-9-14(11)18)15(19)12-7-3-4-8-13(12)16/h2-9,18H,10,16H2,1H3. The summed E-state index contributed by atoms with van der Waals surface area (Å²) in [6.07, 6.45) is 0. The van der Waals surface area contributed by atoms with Gasteiger partial charge in [0, 0.05) is 24.8 Å². The number of hydrogen-bond acceptors (Lipinski definition) is 3. The fourth-order valence-corrected chi connectivity index (χ4v) is 1.87. The molecule has 0 unspecified atom stereocenters. The molecular formula is C15H16N2O2. The molecule has 4 heteroatoms. The predicted octanol–water partition coefficient (Wildman–Crippen LogP) is 2.25. The summed E-state index contributed by atoms with van der Waals surface area (Å²) >= 11 is 0. The normalized spacial score (nSPS) is 10.2. The monoisotopic (exact) mass is 256 g/mol. The van der Waals surface area contributed by atoms with Crippen molar-refractivity contribution in [2.75, 3.05) is 12.8 Å². The lowest BCUT2D eigenvalue weighted by Gasteiger charge is -2.18. The maximum Gasteiger partial charge on any atom is 0.255 e. The Morgan fingerprint density at radius 2 is 1.79 bits per heavy atom. The Hall–Kier alpha value is -2.49.